The molecular weight excluding hydrogens is 748 g/mol. The fraction of sp³-hybridized carbons (Fsp3) is 0.375. The Hall–Kier alpha value is -4.91. The lowest BCUT2D eigenvalue weighted by molar-refractivity contribution is 0.0406. The summed E-state index contributed by atoms with van der Waals surface area (Å²) in [7, 11) is 3.11. The topological polar surface area (TPSA) is 117 Å². The van der Waals surface area contributed by atoms with Crippen molar-refractivity contribution in [2.45, 2.75) is 73.0 Å². The Balaban J connectivity index is 0.000000239. The highest BCUT2D eigenvalue weighted by Gasteiger charge is 2.31. The van der Waals surface area contributed by atoms with Crippen molar-refractivity contribution in [3.63, 3.8) is 0 Å². The van der Waals surface area contributed by atoms with Crippen molar-refractivity contribution in [3.8, 4) is 5.75 Å². The lowest BCUT2D eigenvalue weighted by Crippen LogP contribution is -2.52. The van der Waals surface area contributed by atoms with E-state index in [0.29, 0.717) is 54.7 Å². The number of rotatable bonds is 6. The fourth-order valence-corrected chi connectivity index (χ4v) is 7.10. The van der Waals surface area contributed by atoms with Crippen LogP contribution in [0, 0.1) is 31.4 Å². The number of carbonyl (C=O) groups excluding carboxylic acids is 1. The molecule has 6 aromatic rings. The summed E-state index contributed by atoms with van der Waals surface area (Å²) in [6, 6.07) is 10.2. The van der Waals surface area contributed by atoms with Crippen LogP contribution in [0.4, 0.5) is 13.6 Å². The Kier molecular flexibility index (Phi) is 11.0. The van der Waals surface area contributed by atoms with Crippen molar-refractivity contribution in [1.82, 2.24) is 24.4 Å². The van der Waals surface area contributed by atoms with Gasteiger partial charge in [0.2, 0.25) is 0 Å². The minimum Gasteiger partial charge on any atom is -0.488 e. The molecule has 0 radical (unpaired) electrons. The Labute approximate surface area is 314 Å². The third-order valence-corrected chi connectivity index (χ3v) is 9.54. The standard InChI is InChI=1S/C26H34FN3O4.C14H10BrFN2O/c1-15(2)13-26(7,29-24(32)34-25(4,5)6)14-33-19-10-9-18-17-11-12-28-16(3)20(17)23(31)30(8)22(18)21(19)27;1-7-11-8(5-6-17-7)9-3-4-10(15)12(16)13(9)18(2)14(11)19/h9-12,15H,13-14H2,1-8H3,(H,29,32);3-6H,1-2H3. The molecular formula is C40H44BrF2N5O5. The zero-order valence-corrected chi connectivity index (χ0v) is 33.2. The van der Waals surface area contributed by atoms with Crippen molar-refractivity contribution in [1.29, 1.82) is 0 Å². The van der Waals surface area contributed by atoms with Gasteiger partial charge in [0.1, 0.15) is 12.2 Å². The van der Waals surface area contributed by atoms with E-state index in [9.17, 15) is 18.8 Å². The zero-order chi connectivity index (χ0) is 39.2. The Morgan fingerprint density at radius 1 is 0.811 bits per heavy atom. The number of aromatic nitrogens is 4. The maximum absolute atomic E-state index is 15.6. The average molecular weight is 793 g/mol. The van der Waals surface area contributed by atoms with Gasteiger partial charge in [-0.3, -0.25) is 19.6 Å². The van der Waals surface area contributed by atoms with Gasteiger partial charge in [-0.25, -0.2) is 13.6 Å². The molecule has 0 aliphatic carbocycles. The molecule has 13 heteroatoms. The van der Waals surface area contributed by atoms with E-state index in [0.717, 1.165) is 5.39 Å². The van der Waals surface area contributed by atoms with Crippen molar-refractivity contribution in [2.75, 3.05) is 6.61 Å². The molecule has 1 N–H and O–H groups in total. The first-order valence-corrected chi connectivity index (χ1v) is 18.0. The molecule has 0 saturated carbocycles. The van der Waals surface area contributed by atoms with Crippen LogP contribution in [0.2, 0.25) is 0 Å². The van der Waals surface area contributed by atoms with E-state index in [1.54, 1.807) is 84.4 Å². The second-order valence-electron chi connectivity index (χ2n) is 15.0. The van der Waals surface area contributed by atoms with Crippen LogP contribution in [-0.2, 0) is 18.8 Å². The lowest BCUT2D eigenvalue weighted by Gasteiger charge is -2.33. The van der Waals surface area contributed by atoms with Crippen LogP contribution < -0.4 is 21.2 Å². The van der Waals surface area contributed by atoms with Crippen molar-refractivity contribution in [3.05, 3.63) is 97.0 Å². The maximum Gasteiger partial charge on any atom is 0.408 e. The molecule has 1 atom stereocenters. The molecule has 0 aliphatic rings. The van der Waals surface area contributed by atoms with Crippen LogP contribution in [0.5, 0.6) is 5.75 Å². The van der Waals surface area contributed by atoms with Crippen LogP contribution in [0.3, 0.4) is 0 Å². The molecule has 10 nitrogen and oxygen atoms in total. The highest BCUT2D eigenvalue weighted by molar-refractivity contribution is 9.10. The Bertz CT molecular complexity index is 2530. The number of alkyl carbamates (subject to hydrolysis) is 1. The van der Waals surface area contributed by atoms with Crippen LogP contribution in [0.25, 0.3) is 43.4 Å². The molecule has 2 aromatic carbocycles. The smallest absolute Gasteiger partial charge is 0.408 e. The quantitative estimate of drug-likeness (QED) is 0.168. The minimum absolute atomic E-state index is 0.00796. The van der Waals surface area contributed by atoms with Gasteiger partial charge in [-0.1, -0.05) is 19.9 Å². The van der Waals surface area contributed by atoms with E-state index in [-0.39, 0.29) is 34.9 Å². The van der Waals surface area contributed by atoms with E-state index in [1.165, 1.54) is 16.2 Å². The molecule has 1 unspecified atom stereocenters. The maximum atomic E-state index is 15.6. The molecule has 1 amide bonds. The number of halogens is 3. The Morgan fingerprint density at radius 3 is 1.79 bits per heavy atom. The first-order chi connectivity index (χ1) is 24.7. The van der Waals surface area contributed by atoms with Gasteiger partial charge < -0.3 is 23.9 Å². The number of nitrogens with one attached hydrogen (secondary N) is 1. The zero-order valence-electron chi connectivity index (χ0n) is 31.6. The summed E-state index contributed by atoms with van der Waals surface area (Å²) in [5, 5.41) is 6.59. The van der Waals surface area contributed by atoms with Crippen LogP contribution in [-0.4, -0.2) is 42.9 Å². The lowest BCUT2D eigenvalue weighted by atomic mass is 9.91. The second-order valence-corrected chi connectivity index (χ2v) is 15.8. The molecule has 0 aliphatic heterocycles. The summed E-state index contributed by atoms with van der Waals surface area (Å²) in [5.41, 5.74) is -0.276. The largest absolute Gasteiger partial charge is 0.488 e. The number of hydrogen-bond acceptors (Lipinski definition) is 7. The predicted molar refractivity (Wildman–Crippen MR) is 209 cm³/mol. The van der Waals surface area contributed by atoms with Crippen LogP contribution in [0.15, 0.2) is 62.9 Å². The summed E-state index contributed by atoms with van der Waals surface area (Å²) < 4.78 is 44.2. The van der Waals surface area contributed by atoms with Gasteiger partial charge in [-0.15, -0.1) is 0 Å². The number of fused-ring (bicyclic) bond motifs is 6. The summed E-state index contributed by atoms with van der Waals surface area (Å²) in [6.45, 7) is 14.8. The average Bonchev–Trinajstić information content (AvgIpc) is 3.05. The van der Waals surface area contributed by atoms with Gasteiger partial charge in [-0.05, 0) is 111 Å². The number of nitrogens with zero attached hydrogens (tertiary/aromatic N) is 4. The molecule has 0 bridgehead atoms. The number of amides is 1. The summed E-state index contributed by atoms with van der Waals surface area (Å²) >= 11 is 3.15. The highest BCUT2D eigenvalue weighted by atomic mass is 79.9. The third kappa shape index (κ3) is 7.90. The van der Waals surface area contributed by atoms with Crippen LogP contribution in [0.1, 0.15) is 59.4 Å². The molecule has 0 spiro atoms. The molecule has 0 fully saturated rings. The minimum atomic E-state index is -0.796. The number of hydrogen-bond donors (Lipinski definition) is 1. The van der Waals surface area contributed by atoms with Crippen molar-refractivity contribution in [2.24, 2.45) is 20.0 Å². The normalized spacial score (nSPS) is 12.9. The molecule has 0 saturated heterocycles. The first kappa shape index (κ1) is 39.3. The summed E-state index contributed by atoms with van der Waals surface area (Å²) in [4.78, 5) is 46.1. The molecule has 6 rings (SSSR count). The van der Waals surface area contributed by atoms with E-state index in [1.807, 2.05) is 26.8 Å². The van der Waals surface area contributed by atoms with Gasteiger partial charge in [0, 0.05) is 37.3 Å². The number of carbonyl (C=O) groups is 1. The first-order valence-electron chi connectivity index (χ1n) is 17.2. The SMILES string of the molecule is Cc1nccc2c1c(=O)n(C)c1c(F)c(Br)ccc21.Cc1nccc2c1c(=O)n(C)c1c(F)c(OCC(C)(CC(C)C)NC(=O)OC(C)(C)C)ccc21. The molecule has 280 valence electrons. The van der Waals surface area contributed by atoms with Crippen LogP contribution >= 0.6 is 15.9 Å². The number of benzene rings is 2. The number of pyridine rings is 4. The number of ether oxygens (including phenoxy) is 2. The fourth-order valence-electron chi connectivity index (χ4n) is 6.78. The van der Waals surface area contributed by atoms with Crippen molar-refractivity contribution >= 4 is 65.4 Å². The second kappa shape index (κ2) is 14.8. The van der Waals surface area contributed by atoms with E-state index < -0.39 is 28.9 Å². The highest BCUT2D eigenvalue weighted by Crippen LogP contribution is 2.32. The van der Waals surface area contributed by atoms with Gasteiger partial charge >= 0.3 is 6.09 Å². The Morgan fingerprint density at radius 2 is 1.30 bits per heavy atom. The monoisotopic (exact) mass is 791 g/mol. The number of aryl methyl sites for hydroxylation is 4. The van der Waals surface area contributed by atoms with Gasteiger partial charge in [0.15, 0.2) is 17.4 Å². The molecule has 53 heavy (non-hydrogen) atoms. The summed E-state index contributed by atoms with van der Waals surface area (Å²) in [6.07, 6.45) is 3.28. The summed E-state index contributed by atoms with van der Waals surface area (Å²) in [5.74, 6) is -0.797. The van der Waals surface area contributed by atoms with Gasteiger partial charge in [0.25, 0.3) is 11.1 Å². The predicted octanol–water partition coefficient (Wildman–Crippen LogP) is 8.54. The molecule has 4 aromatic heterocycles. The van der Waals surface area contributed by atoms with E-state index in [2.05, 4.69) is 31.2 Å². The van der Waals surface area contributed by atoms with Gasteiger partial charge in [-0.2, -0.15) is 0 Å². The van der Waals surface area contributed by atoms with E-state index >= 15 is 4.39 Å². The van der Waals surface area contributed by atoms with E-state index in [4.69, 9.17) is 9.47 Å². The van der Waals surface area contributed by atoms with Gasteiger partial charge in [0.05, 0.1) is 43.2 Å². The van der Waals surface area contributed by atoms with Crippen molar-refractivity contribution < 1.29 is 23.0 Å². The third-order valence-electron chi connectivity index (χ3n) is 8.93. The molecule has 4 heterocycles.